The Morgan fingerprint density at radius 1 is 0.758 bits per heavy atom. The minimum absolute atomic E-state index is 0.0662. The summed E-state index contributed by atoms with van der Waals surface area (Å²) in [5, 5.41) is 0. The van der Waals surface area contributed by atoms with Gasteiger partial charge in [0, 0.05) is 7.92 Å². The van der Waals surface area contributed by atoms with E-state index in [4.69, 9.17) is 18.9 Å². The van der Waals surface area contributed by atoms with Crippen LogP contribution in [0.25, 0.3) is 0 Å². The zero-order valence-corrected chi connectivity index (χ0v) is 21.7. The molecule has 0 aliphatic carbocycles. The first kappa shape index (κ1) is 26.7. The summed E-state index contributed by atoms with van der Waals surface area (Å²) < 4.78 is 21.9. The van der Waals surface area contributed by atoms with Crippen LogP contribution in [0.1, 0.15) is 54.8 Å². The van der Waals surface area contributed by atoms with Crippen LogP contribution in [0, 0.1) is 11.3 Å². The third-order valence-electron chi connectivity index (χ3n) is 5.23. The van der Waals surface area contributed by atoms with E-state index in [0.717, 1.165) is 6.42 Å². The summed E-state index contributed by atoms with van der Waals surface area (Å²) >= 11 is 0. The van der Waals surface area contributed by atoms with Gasteiger partial charge in [-0.05, 0) is 48.2 Å². The van der Waals surface area contributed by atoms with Gasteiger partial charge in [0.05, 0.1) is 28.4 Å². The molecule has 7 heteroatoms. The molecular weight excluding hydrogens is 439 g/mol. The van der Waals surface area contributed by atoms with Gasteiger partial charge in [-0.2, -0.15) is 0 Å². The number of methoxy groups -OCH3 is 4. The summed E-state index contributed by atoms with van der Waals surface area (Å²) in [5.41, 5.74) is 0.0881. The van der Waals surface area contributed by atoms with E-state index in [1.807, 2.05) is 0 Å². The smallest absolute Gasteiger partial charge is 0.199 e. The van der Waals surface area contributed by atoms with Gasteiger partial charge in [0.1, 0.15) is 34.1 Å². The molecule has 6 nitrogen and oxygen atoms in total. The first-order chi connectivity index (χ1) is 15.6. The van der Waals surface area contributed by atoms with Crippen LogP contribution in [0.5, 0.6) is 23.0 Å². The molecule has 2 aromatic carbocycles. The highest BCUT2D eigenvalue weighted by molar-refractivity contribution is 7.90. The molecule has 0 aliphatic rings. The van der Waals surface area contributed by atoms with E-state index in [1.54, 1.807) is 36.4 Å². The second-order valence-corrected chi connectivity index (χ2v) is 11.2. The van der Waals surface area contributed by atoms with Crippen LogP contribution in [0.2, 0.25) is 0 Å². The fourth-order valence-corrected chi connectivity index (χ4v) is 6.32. The molecule has 0 aliphatic heterocycles. The molecule has 0 amide bonds. The van der Waals surface area contributed by atoms with Gasteiger partial charge in [0.25, 0.3) is 0 Å². The first-order valence-electron chi connectivity index (χ1n) is 10.9. The topological polar surface area (TPSA) is 71.1 Å². The molecule has 33 heavy (non-hydrogen) atoms. The average Bonchev–Trinajstić information content (AvgIpc) is 2.79. The molecule has 0 bridgehead atoms. The molecule has 1 unspecified atom stereocenters. The van der Waals surface area contributed by atoms with E-state index in [0.29, 0.717) is 40.3 Å². The zero-order valence-electron chi connectivity index (χ0n) is 20.9. The fraction of sp³-hybridized carbons (Fsp3) is 0.462. The van der Waals surface area contributed by atoms with E-state index < -0.39 is 7.92 Å². The van der Waals surface area contributed by atoms with Crippen LogP contribution in [0.15, 0.2) is 36.4 Å². The number of ether oxygens (including phenoxy) is 4. The summed E-state index contributed by atoms with van der Waals surface area (Å²) in [6.45, 7) is 8.55. The maximum atomic E-state index is 14.0. The average molecular weight is 475 g/mol. The molecular formula is C26H35O6P. The van der Waals surface area contributed by atoms with Crippen molar-refractivity contribution in [2.75, 3.05) is 34.6 Å². The lowest BCUT2D eigenvalue weighted by molar-refractivity contribution is 0.104. The van der Waals surface area contributed by atoms with Crippen molar-refractivity contribution in [3.63, 3.8) is 0 Å². The molecule has 0 spiro atoms. The number of rotatable bonds is 11. The molecule has 1 atom stereocenters. The molecule has 0 saturated heterocycles. The second kappa shape index (κ2) is 11.5. The van der Waals surface area contributed by atoms with Gasteiger partial charge in [0.15, 0.2) is 11.0 Å². The van der Waals surface area contributed by atoms with Crippen molar-refractivity contribution in [2.24, 2.45) is 11.3 Å². The highest BCUT2D eigenvalue weighted by Crippen LogP contribution is 2.51. The lowest BCUT2D eigenvalue weighted by Gasteiger charge is -2.27. The molecule has 0 saturated carbocycles. The molecule has 0 heterocycles. The third kappa shape index (κ3) is 6.48. The van der Waals surface area contributed by atoms with E-state index in [2.05, 4.69) is 27.7 Å². The minimum Gasteiger partial charge on any atom is -0.496 e. The largest absolute Gasteiger partial charge is 0.496 e. The summed E-state index contributed by atoms with van der Waals surface area (Å²) in [4.78, 5) is 28.0. The molecule has 0 N–H and O–H groups in total. The minimum atomic E-state index is -1.81. The predicted octanol–water partition coefficient (Wildman–Crippen LogP) is 6.26. The van der Waals surface area contributed by atoms with Crippen LogP contribution in [-0.2, 0) is 0 Å². The highest BCUT2D eigenvalue weighted by Gasteiger charge is 2.36. The van der Waals surface area contributed by atoms with Crippen LogP contribution in [-0.4, -0.2) is 45.6 Å². The normalized spacial score (nSPS) is 12.3. The van der Waals surface area contributed by atoms with Crippen LogP contribution < -0.4 is 18.9 Å². The molecule has 0 radical (unpaired) electrons. The lowest BCUT2D eigenvalue weighted by atomic mass is 9.86. The third-order valence-corrected chi connectivity index (χ3v) is 7.65. The van der Waals surface area contributed by atoms with Gasteiger partial charge >= 0.3 is 0 Å². The van der Waals surface area contributed by atoms with Gasteiger partial charge in [-0.3, -0.25) is 9.59 Å². The fourth-order valence-electron chi connectivity index (χ4n) is 4.07. The van der Waals surface area contributed by atoms with E-state index in [9.17, 15) is 9.59 Å². The summed E-state index contributed by atoms with van der Waals surface area (Å²) in [6.07, 6.45) is 1.31. The Hall–Kier alpha value is -2.59. The predicted molar refractivity (Wildman–Crippen MR) is 133 cm³/mol. The Labute approximate surface area is 198 Å². The van der Waals surface area contributed by atoms with Gasteiger partial charge in [0.2, 0.25) is 0 Å². The lowest BCUT2D eigenvalue weighted by Crippen LogP contribution is -2.19. The maximum Gasteiger partial charge on any atom is 0.199 e. The number of hydrogen-bond donors (Lipinski definition) is 0. The highest BCUT2D eigenvalue weighted by atomic mass is 31.1. The number of carbonyl (C=O) groups excluding carboxylic acids is 2. The summed E-state index contributed by atoms with van der Waals surface area (Å²) in [5.74, 6) is 1.68. The van der Waals surface area contributed by atoms with Crippen molar-refractivity contribution >= 4 is 19.0 Å². The summed E-state index contributed by atoms with van der Waals surface area (Å²) in [7, 11) is 4.19. The molecule has 0 fully saturated rings. The van der Waals surface area contributed by atoms with Gasteiger partial charge in [-0.25, -0.2) is 0 Å². The number of hydrogen-bond acceptors (Lipinski definition) is 6. The Bertz CT molecular complexity index is 867. The van der Waals surface area contributed by atoms with Crippen molar-refractivity contribution in [3.05, 3.63) is 47.5 Å². The zero-order chi connectivity index (χ0) is 24.8. The Balaban J connectivity index is 2.64. The summed E-state index contributed by atoms with van der Waals surface area (Å²) in [6, 6.07) is 10.3. The van der Waals surface area contributed by atoms with Gasteiger partial charge < -0.3 is 18.9 Å². The van der Waals surface area contributed by atoms with Gasteiger partial charge in [-0.15, -0.1) is 0 Å². The van der Waals surface area contributed by atoms with Crippen molar-refractivity contribution in [1.82, 2.24) is 0 Å². The number of carbonyl (C=O) groups is 2. The monoisotopic (exact) mass is 474 g/mol. The SMILES string of the molecule is COc1cccc(OC)c1C(=O)P(CC(C)CC(C)(C)C)C(=O)c1c(OC)cccc1OC. The van der Waals surface area contributed by atoms with Gasteiger partial charge in [-0.1, -0.05) is 39.8 Å². The Morgan fingerprint density at radius 2 is 1.09 bits per heavy atom. The van der Waals surface area contributed by atoms with E-state index >= 15 is 0 Å². The molecule has 2 rings (SSSR count). The maximum absolute atomic E-state index is 14.0. The first-order valence-corrected chi connectivity index (χ1v) is 12.4. The van der Waals surface area contributed by atoms with Crippen molar-refractivity contribution < 1.29 is 28.5 Å². The molecule has 180 valence electrons. The van der Waals surface area contributed by atoms with Crippen molar-refractivity contribution in [2.45, 2.75) is 34.1 Å². The standard InChI is InChI=1S/C26H35O6P/c1-17(15-26(2,3)4)16-33(24(27)22-18(29-5)11-9-12-19(22)30-6)25(28)23-20(31-7)13-10-14-21(23)32-8/h9-14,17H,15-16H2,1-8H3. The number of benzene rings is 2. The van der Waals surface area contributed by atoms with E-state index in [1.165, 1.54) is 28.4 Å². The van der Waals surface area contributed by atoms with Crippen LogP contribution >= 0.6 is 7.92 Å². The Kier molecular flexibility index (Phi) is 9.30. The molecule has 0 aromatic heterocycles. The second-order valence-electron chi connectivity index (χ2n) is 9.17. The quantitative estimate of drug-likeness (QED) is 0.358. The molecule has 2 aromatic rings. The van der Waals surface area contributed by atoms with E-state index in [-0.39, 0.29) is 22.4 Å². The van der Waals surface area contributed by atoms with Crippen molar-refractivity contribution in [3.8, 4) is 23.0 Å². The Morgan fingerprint density at radius 3 is 1.36 bits per heavy atom. The van der Waals surface area contributed by atoms with Crippen LogP contribution in [0.3, 0.4) is 0 Å². The van der Waals surface area contributed by atoms with Crippen LogP contribution in [0.4, 0.5) is 0 Å². The van der Waals surface area contributed by atoms with Crippen molar-refractivity contribution in [1.29, 1.82) is 0 Å².